The summed E-state index contributed by atoms with van der Waals surface area (Å²) in [7, 11) is 2.03. The number of allylic oxidation sites excluding steroid dienone is 2. The summed E-state index contributed by atoms with van der Waals surface area (Å²) >= 11 is 8.73. The van der Waals surface area contributed by atoms with Crippen LogP contribution in [0.5, 0.6) is 0 Å². The van der Waals surface area contributed by atoms with E-state index in [-0.39, 0.29) is 22.8 Å². The first kappa shape index (κ1) is 22.1. The minimum atomic E-state index is -0.158. The topological polar surface area (TPSA) is 94.0 Å². The maximum absolute atomic E-state index is 13.3. The monoisotopic (exact) mass is 531 g/mol. The molecule has 1 aliphatic rings. The molecule has 0 spiro atoms. The largest absolute Gasteiger partial charge is 0.382 e. The number of nitrogens with two attached hydrogens (primary N) is 1. The average molecular weight is 532 g/mol. The van der Waals surface area contributed by atoms with Crippen molar-refractivity contribution in [3.8, 4) is 0 Å². The van der Waals surface area contributed by atoms with E-state index in [2.05, 4.69) is 70.5 Å². The predicted octanol–water partition coefficient (Wildman–Crippen LogP) is 2.75. The molecule has 10 heteroatoms. The normalized spacial score (nSPS) is 17.4. The van der Waals surface area contributed by atoms with Crippen molar-refractivity contribution in [1.29, 1.82) is 0 Å². The van der Waals surface area contributed by atoms with Gasteiger partial charge in [0.1, 0.15) is 5.52 Å². The quantitative estimate of drug-likeness (QED) is 0.440. The van der Waals surface area contributed by atoms with Crippen LogP contribution in [0.3, 0.4) is 0 Å². The maximum atomic E-state index is 13.3. The van der Waals surface area contributed by atoms with Crippen LogP contribution in [0.15, 0.2) is 25.7 Å². The highest BCUT2D eigenvalue weighted by Gasteiger charge is 2.24. The summed E-state index contributed by atoms with van der Waals surface area (Å²) in [5.41, 5.74) is 9.05. The molecule has 158 valence electrons. The van der Waals surface area contributed by atoms with Crippen molar-refractivity contribution in [2.45, 2.75) is 52.9 Å². The molecule has 0 aromatic carbocycles. The Bertz CT molecular complexity index is 1050. The molecule has 2 aromatic rings. The molecule has 29 heavy (non-hydrogen) atoms. The van der Waals surface area contributed by atoms with E-state index in [0.29, 0.717) is 36.8 Å². The zero-order chi connectivity index (χ0) is 21.5. The highest BCUT2D eigenvalue weighted by molar-refractivity contribution is 14.1. The number of likely N-dealkylation sites (N-methyl/N-ethyl adjacent to an activating group) is 1. The van der Waals surface area contributed by atoms with Crippen LogP contribution in [0.25, 0.3) is 11.2 Å². The summed E-state index contributed by atoms with van der Waals surface area (Å²) in [6, 6.07) is 0.355. The lowest BCUT2D eigenvalue weighted by Gasteiger charge is -2.25. The molecule has 0 saturated carbocycles. The van der Waals surface area contributed by atoms with Gasteiger partial charge in [-0.1, -0.05) is 11.6 Å². The number of halogens is 2. The van der Waals surface area contributed by atoms with Gasteiger partial charge in [0.15, 0.2) is 10.8 Å². The molecule has 1 aliphatic heterocycles. The molecule has 3 rings (SSSR count). The zero-order valence-corrected chi connectivity index (χ0v) is 20.2. The standard InChI is InChI=1S/C19H27ClIN7O/c1-10(2)26(5)6-7-27-15-16(20)24-18(22)25-17(15)28(19(27)29)9-13-12(4)14(21)11(3)8-23-13/h8,10,13,23H,6-7,9H2,1-5H3,(H2,22,24,25). The van der Waals surface area contributed by atoms with Crippen LogP contribution < -0.4 is 16.7 Å². The van der Waals surface area contributed by atoms with Gasteiger partial charge >= 0.3 is 5.69 Å². The first-order valence-electron chi connectivity index (χ1n) is 9.53. The number of nitrogens with one attached hydrogen (secondary N) is 1. The first-order valence-corrected chi connectivity index (χ1v) is 11.0. The zero-order valence-electron chi connectivity index (χ0n) is 17.3. The fraction of sp³-hybridized carbons (Fsp3) is 0.526. The van der Waals surface area contributed by atoms with Crippen LogP contribution in [-0.4, -0.2) is 49.7 Å². The van der Waals surface area contributed by atoms with E-state index in [4.69, 9.17) is 17.3 Å². The summed E-state index contributed by atoms with van der Waals surface area (Å²) in [5, 5.41) is 3.58. The molecule has 0 fully saturated rings. The lowest BCUT2D eigenvalue weighted by molar-refractivity contribution is 0.262. The first-order chi connectivity index (χ1) is 13.6. The van der Waals surface area contributed by atoms with Gasteiger partial charge in [-0.15, -0.1) is 0 Å². The molecule has 1 unspecified atom stereocenters. The van der Waals surface area contributed by atoms with Gasteiger partial charge in [0.2, 0.25) is 5.95 Å². The number of hydrogen-bond donors (Lipinski definition) is 2. The summed E-state index contributed by atoms with van der Waals surface area (Å²) < 4.78 is 4.51. The van der Waals surface area contributed by atoms with Crippen molar-refractivity contribution in [3.63, 3.8) is 0 Å². The lowest BCUT2D eigenvalue weighted by Crippen LogP contribution is -2.38. The van der Waals surface area contributed by atoms with Crippen LogP contribution in [0.2, 0.25) is 5.15 Å². The Kier molecular flexibility index (Phi) is 6.59. The second kappa shape index (κ2) is 8.65. The number of imidazole rings is 1. The van der Waals surface area contributed by atoms with Gasteiger partial charge in [0.05, 0.1) is 12.6 Å². The van der Waals surface area contributed by atoms with E-state index >= 15 is 0 Å². The van der Waals surface area contributed by atoms with E-state index in [1.54, 1.807) is 9.13 Å². The number of anilines is 1. The summed E-state index contributed by atoms with van der Waals surface area (Å²) in [5.74, 6) is 0.0573. The molecular formula is C19H27ClIN7O. The van der Waals surface area contributed by atoms with E-state index in [1.165, 1.54) is 14.7 Å². The molecule has 3 N–H and O–H groups in total. The summed E-state index contributed by atoms with van der Waals surface area (Å²) in [6.45, 7) is 10.00. The van der Waals surface area contributed by atoms with Crippen LogP contribution >= 0.6 is 34.2 Å². The lowest BCUT2D eigenvalue weighted by atomic mass is 10.0. The van der Waals surface area contributed by atoms with Crippen molar-refractivity contribution in [1.82, 2.24) is 29.3 Å². The van der Waals surface area contributed by atoms with Crippen LogP contribution in [0.4, 0.5) is 5.95 Å². The Morgan fingerprint density at radius 1 is 1.34 bits per heavy atom. The molecule has 0 radical (unpaired) electrons. The molecule has 0 saturated heterocycles. The second-order valence-electron chi connectivity index (χ2n) is 7.71. The van der Waals surface area contributed by atoms with E-state index in [9.17, 15) is 4.79 Å². The third-order valence-electron chi connectivity index (χ3n) is 5.47. The molecule has 2 aromatic heterocycles. The van der Waals surface area contributed by atoms with Gasteiger partial charge in [-0.3, -0.25) is 9.13 Å². The van der Waals surface area contributed by atoms with Gasteiger partial charge in [0, 0.05) is 28.9 Å². The van der Waals surface area contributed by atoms with Crippen molar-refractivity contribution < 1.29 is 0 Å². The Balaban J connectivity index is 2.06. The van der Waals surface area contributed by atoms with Gasteiger partial charge in [-0.05, 0) is 68.5 Å². The highest BCUT2D eigenvalue weighted by Crippen LogP contribution is 2.28. The number of aromatic nitrogens is 4. The van der Waals surface area contributed by atoms with Crippen LogP contribution in [0.1, 0.15) is 27.7 Å². The number of nitrogen functional groups attached to an aromatic ring is 1. The molecule has 0 bridgehead atoms. The Labute approximate surface area is 189 Å². The van der Waals surface area contributed by atoms with Crippen LogP contribution in [0, 0.1) is 0 Å². The molecular weight excluding hydrogens is 505 g/mol. The Morgan fingerprint density at radius 2 is 2.03 bits per heavy atom. The fourth-order valence-corrected chi connectivity index (χ4v) is 4.13. The van der Waals surface area contributed by atoms with Crippen molar-refractivity contribution in [2.24, 2.45) is 0 Å². The number of rotatable bonds is 6. The SMILES string of the molecule is CC1=CNC(Cn2c(=O)n(CCN(C)C(C)C)c3c(Cl)nc(N)nc32)C(C)=C1I. The third-order valence-corrected chi connectivity index (χ3v) is 7.43. The van der Waals surface area contributed by atoms with Crippen molar-refractivity contribution in [3.05, 3.63) is 36.6 Å². The van der Waals surface area contributed by atoms with E-state index in [0.717, 1.165) is 0 Å². The van der Waals surface area contributed by atoms with Crippen LogP contribution in [-0.2, 0) is 13.1 Å². The summed E-state index contributed by atoms with van der Waals surface area (Å²) in [4.78, 5) is 23.9. The fourth-order valence-electron chi connectivity index (χ4n) is 3.32. The third kappa shape index (κ3) is 4.31. The summed E-state index contributed by atoms with van der Waals surface area (Å²) in [6.07, 6.45) is 1.98. The van der Waals surface area contributed by atoms with Crippen molar-refractivity contribution in [2.75, 3.05) is 19.3 Å². The molecule has 0 aliphatic carbocycles. The van der Waals surface area contributed by atoms with Gasteiger partial charge in [0.25, 0.3) is 0 Å². The minimum absolute atomic E-state index is 0.0179. The number of nitrogens with zero attached hydrogens (tertiary/aromatic N) is 5. The highest BCUT2D eigenvalue weighted by atomic mass is 127. The van der Waals surface area contributed by atoms with Crippen molar-refractivity contribution >= 4 is 51.3 Å². The van der Waals surface area contributed by atoms with E-state index in [1.807, 2.05) is 13.2 Å². The smallest absolute Gasteiger partial charge is 0.330 e. The van der Waals surface area contributed by atoms with Gasteiger partial charge in [-0.25, -0.2) is 4.79 Å². The average Bonchev–Trinajstić information content (AvgIpc) is 2.91. The molecule has 3 heterocycles. The van der Waals surface area contributed by atoms with Gasteiger partial charge < -0.3 is 16.0 Å². The second-order valence-corrected chi connectivity index (χ2v) is 9.14. The van der Waals surface area contributed by atoms with E-state index < -0.39 is 0 Å². The molecule has 0 amide bonds. The predicted molar refractivity (Wildman–Crippen MR) is 126 cm³/mol. The number of fused-ring (bicyclic) bond motifs is 1. The molecule has 8 nitrogen and oxygen atoms in total. The number of hydrogen-bond acceptors (Lipinski definition) is 6. The Morgan fingerprint density at radius 3 is 2.69 bits per heavy atom. The maximum Gasteiger partial charge on any atom is 0.330 e. The Hall–Kier alpha value is -1.59. The molecule has 1 atom stereocenters. The number of dihydropyridines is 1. The van der Waals surface area contributed by atoms with Gasteiger partial charge in [-0.2, -0.15) is 9.97 Å². The minimum Gasteiger partial charge on any atom is -0.382 e.